The molecule has 25 heavy (non-hydrogen) atoms. The third-order valence-electron chi connectivity index (χ3n) is 6.56. The van der Waals surface area contributed by atoms with Crippen molar-refractivity contribution in [2.45, 2.75) is 25.0 Å². The van der Waals surface area contributed by atoms with E-state index in [4.69, 9.17) is 4.74 Å². The lowest BCUT2D eigenvalue weighted by atomic mass is 9.72. The highest BCUT2D eigenvalue weighted by molar-refractivity contribution is 5.83. The van der Waals surface area contributed by atoms with Crippen LogP contribution in [0.2, 0.25) is 0 Å². The molecule has 2 aromatic rings. The van der Waals surface area contributed by atoms with Crippen LogP contribution in [0.25, 0.3) is 10.9 Å². The Morgan fingerprint density at radius 2 is 2.24 bits per heavy atom. The first kappa shape index (κ1) is 16.6. The summed E-state index contributed by atoms with van der Waals surface area (Å²) >= 11 is 0. The molecule has 3 saturated heterocycles. The highest BCUT2D eigenvalue weighted by atomic mass is 16.5. The van der Waals surface area contributed by atoms with Gasteiger partial charge in [0.2, 0.25) is 0 Å². The molecule has 132 valence electrons. The van der Waals surface area contributed by atoms with E-state index in [9.17, 15) is 5.11 Å². The number of quaternary nitrogens is 1. The number of aliphatic hydroxyl groups excluding tert-OH is 1. The first-order chi connectivity index (χ1) is 12.1. The van der Waals surface area contributed by atoms with Crippen molar-refractivity contribution in [3.8, 4) is 5.75 Å². The Hall–Kier alpha value is -1.91. The number of benzene rings is 1. The van der Waals surface area contributed by atoms with Gasteiger partial charge in [0, 0.05) is 30.3 Å². The number of hydrogen-bond acceptors (Lipinski definition) is 3. The quantitative estimate of drug-likeness (QED) is 0.686. The largest absolute Gasteiger partial charge is 0.497 e. The summed E-state index contributed by atoms with van der Waals surface area (Å²) in [4.78, 5) is 4.45. The van der Waals surface area contributed by atoms with Gasteiger partial charge in [0.25, 0.3) is 0 Å². The molecule has 4 heteroatoms. The van der Waals surface area contributed by atoms with E-state index >= 15 is 0 Å². The van der Waals surface area contributed by atoms with Crippen molar-refractivity contribution < 1.29 is 14.3 Å². The number of aliphatic hydroxyl groups is 1. The van der Waals surface area contributed by atoms with Crippen molar-refractivity contribution >= 4 is 10.9 Å². The molecule has 3 fully saturated rings. The molecule has 3 aliphatic heterocycles. The van der Waals surface area contributed by atoms with Crippen LogP contribution in [-0.2, 0) is 0 Å². The molecule has 0 unspecified atom stereocenters. The van der Waals surface area contributed by atoms with Gasteiger partial charge >= 0.3 is 0 Å². The van der Waals surface area contributed by atoms with Crippen LogP contribution >= 0.6 is 0 Å². The predicted molar refractivity (Wildman–Crippen MR) is 99.4 cm³/mol. The molecule has 3 aliphatic rings. The lowest BCUT2D eigenvalue weighted by molar-refractivity contribution is -0.956. The highest BCUT2D eigenvalue weighted by Gasteiger charge is 2.51. The Morgan fingerprint density at radius 3 is 2.96 bits per heavy atom. The minimum atomic E-state index is -0.490. The Morgan fingerprint density at radius 1 is 1.40 bits per heavy atom. The smallest absolute Gasteiger partial charge is 0.131 e. The van der Waals surface area contributed by atoms with E-state index < -0.39 is 6.10 Å². The second kappa shape index (κ2) is 6.11. The molecule has 5 atom stereocenters. The van der Waals surface area contributed by atoms with Gasteiger partial charge in [-0.2, -0.15) is 0 Å². The topological polar surface area (TPSA) is 42.4 Å². The fourth-order valence-electron chi connectivity index (χ4n) is 5.03. The first-order valence-corrected chi connectivity index (χ1v) is 9.13. The number of aromatic nitrogens is 1. The molecule has 0 saturated carbocycles. The van der Waals surface area contributed by atoms with E-state index in [0.717, 1.165) is 46.2 Å². The number of piperidine rings is 3. The number of pyridine rings is 1. The third-order valence-corrected chi connectivity index (χ3v) is 6.56. The van der Waals surface area contributed by atoms with Gasteiger partial charge in [-0.3, -0.25) is 4.98 Å². The van der Waals surface area contributed by atoms with Crippen molar-refractivity contribution in [1.82, 2.24) is 4.98 Å². The Bertz CT molecular complexity index is 806. The molecule has 0 amide bonds. The summed E-state index contributed by atoms with van der Waals surface area (Å²) in [5.41, 5.74) is 1.87. The molecule has 4 heterocycles. The predicted octanol–water partition coefficient (Wildman–Crippen LogP) is 3.32. The molecule has 0 aliphatic carbocycles. The summed E-state index contributed by atoms with van der Waals surface area (Å²) in [5, 5.41) is 12.3. The Labute approximate surface area is 149 Å². The maximum atomic E-state index is 11.3. The average molecular weight is 339 g/mol. The zero-order valence-corrected chi connectivity index (χ0v) is 15.1. The van der Waals surface area contributed by atoms with Crippen LogP contribution in [0, 0.1) is 11.8 Å². The standard InChI is InChI=1S/C21H27N2O2/c1-4-14-13-23(2)10-8-15(14)11-20(23)21(24)17-7-9-22-19-6-5-16(25-3)12-18(17)19/h4-7,9,12,14-15,20-21,24H,1,8,10-11,13H2,2-3H3/q+1/t14-,15-,20+,21-,23-/m0/s1. The van der Waals surface area contributed by atoms with Crippen molar-refractivity contribution in [2.24, 2.45) is 11.8 Å². The van der Waals surface area contributed by atoms with Gasteiger partial charge in [-0.15, -0.1) is 6.58 Å². The molecule has 1 N–H and O–H groups in total. The zero-order valence-electron chi connectivity index (χ0n) is 15.1. The van der Waals surface area contributed by atoms with Gasteiger partial charge in [-0.1, -0.05) is 6.08 Å². The second-order valence-electron chi connectivity index (χ2n) is 7.87. The average Bonchev–Trinajstić information content (AvgIpc) is 2.66. The number of methoxy groups -OCH3 is 1. The number of ether oxygens (including phenoxy) is 1. The van der Waals surface area contributed by atoms with Gasteiger partial charge < -0.3 is 14.3 Å². The van der Waals surface area contributed by atoms with Crippen LogP contribution in [-0.4, -0.2) is 47.9 Å². The number of likely N-dealkylation sites (N-methyl/N-ethyl adjacent to an activating group) is 1. The summed E-state index contributed by atoms with van der Waals surface area (Å²) in [6.45, 7) is 6.26. The minimum absolute atomic E-state index is 0.228. The summed E-state index contributed by atoms with van der Waals surface area (Å²) in [7, 11) is 3.96. The molecule has 4 nitrogen and oxygen atoms in total. The molecule has 5 rings (SSSR count). The van der Waals surface area contributed by atoms with E-state index in [2.05, 4.69) is 24.7 Å². The summed E-state index contributed by atoms with van der Waals surface area (Å²) in [6.07, 6.45) is 5.73. The zero-order chi connectivity index (χ0) is 17.6. The second-order valence-corrected chi connectivity index (χ2v) is 7.87. The molecular weight excluding hydrogens is 312 g/mol. The SMILES string of the molecule is C=C[C@H]1C[N@+]2(C)CC[C@H]1C[C@@H]2[C@@H](O)c1ccnc2ccc(OC)cc12. The number of rotatable bonds is 4. The van der Waals surface area contributed by atoms with E-state index in [1.54, 1.807) is 13.3 Å². The molecule has 2 bridgehead atoms. The van der Waals surface area contributed by atoms with Crippen molar-refractivity contribution in [3.05, 3.63) is 48.7 Å². The molecule has 1 aromatic heterocycles. The number of hydrogen-bond donors (Lipinski definition) is 1. The van der Waals surface area contributed by atoms with Crippen LogP contribution in [0.15, 0.2) is 43.1 Å². The fourth-order valence-corrected chi connectivity index (χ4v) is 5.03. The van der Waals surface area contributed by atoms with Gasteiger partial charge in [0.05, 0.1) is 32.8 Å². The maximum Gasteiger partial charge on any atom is 0.131 e. The lowest BCUT2D eigenvalue weighted by Gasteiger charge is -2.56. The van der Waals surface area contributed by atoms with Crippen molar-refractivity contribution in [1.29, 1.82) is 0 Å². The maximum absolute atomic E-state index is 11.3. The van der Waals surface area contributed by atoms with Crippen molar-refractivity contribution in [2.75, 3.05) is 27.2 Å². The minimum Gasteiger partial charge on any atom is -0.497 e. The number of nitrogens with zero attached hydrogens (tertiary/aromatic N) is 2. The monoisotopic (exact) mass is 339 g/mol. The fraction of sp³-hybridized carbons (Fsp3) is 0.476. The van der Waals surface area contributed by atoms with Crippen LogP contribution in [0.1, 0.15) is 24.5 Å². The third kappa shape index (κ3) is 2.64. The van der Waals surface area contributed by atoms with E-state index in [0.29, 0.717) is 11.8 Å². The van der Waals surface area contributed by atoms with E-state index in [1.807, 2.05) is 24.3 Å². The van der Waals surface area contributed by atoms with Crippen LogP contribution in [0.3, 0.4) is 0 Å². The van der Waals surface area contributed by atoms with E-state index in [-0.39, 0.29) is 6.04 Å². The van der Waals surface area contributed by atoms with E-state index in [1.165, 1.54) is 6.42 Å². The summed E-state index contributed by atoms with van der Waals surface area (Å²) in [6, 6.07) is 8.06. The van der Waals surface area contributed by atoms with Gasteiger partial charge in [0.15, 0.2) is 0 Å². The highest BCUT2D eigenvalue weighted by Crippen LogP contribution is 2.45. The Balaban J connectivity index is 1.73. The molecule has 0 spiro atoms. The van der Waals surface area contributed by atoms with Gasteiger partial charge in [-0.25, -0.2) is 0 Å². The van der Waals surface area contributed by atoms with Crippen LogP contribution in [0.5, 0.6) is 5.75 Å². The number of fused-ring (bicyclic) bond motifs is 4. The van der Waals surface area contributed by atoms with Crippen LogP contribution in [0.4, 0.5) is 0 Å². The normalized spacial score (nSPS) is 32.5. The van der Waals surface area contributed by atoms with Gasteiger partial charge in [-0.05, 0) is 35.7 Å². The summed E-state index contributed by atoms with van der Waals surface area (Å²) in [5.74, 6) is 2.03. The van der Waals surface area contributed by atoms with Crippen LogP contribution < -0.4 is 4.74 Å². The first-order valence-electron chi connectivity index (χ1n) is 9.13. The lowest BCUT2D eigenvalue weighted by Crippen LogP contribution is -2.66. The Kier molecular flexibility index (Phi) is 4.05. The molecule has 1 aromatic carbocycles. The molecular formula is C21H27N2O2+. The molecule has 0 radical (unpaired) electrons. The van der Waals surface area contributed by atoms with Gasteiger partial charge in [0.1, 0.15) is 17.9 Å². The van der Waals surface area contributed by atoms with Crippen molar-refractivity contribution in [3.63, 3.8) is 0 Å². The summed E-state index contributed by atoms with van der Waals surface area (Å²) < 4.78 is 6.31.